The van der Waals surface area contributed by atoms with E-state index in [0.29, 0.717) is 13.0 Å². The molecule has 1 unspecified atom stereocenters. The van der Waals surface area contributed by atoms with Crippen LogP contribution in [0.5, 0.6) is 0 Å². The highest BCUT2D eigenvalue weighted by atomic mass is 16.7. The maximum Gasteiger partial charge on any atom is 0.353 e. The Balaban J connectivity index is 2.28. The largest absolute Gasteiger partial charge is 0.463 e. The lowest BCUT2D eigenvalue weighted by atomic mass is 9.90. The topological polar surface area (TPSA) is 47.9 Å². The molecule has 0 aliphatic carbocycles. The highest BCUT2D eigenvalue weighted by molar-refractivity contribution is 6.06. The Hall–Kier alpha value is -1.84. The summed E-state index contributed by atoms with van der Waals surface area (Å²) in [6.07, 6.45) is 0.441. The number of oxime groups is 1. The lowest BCUT2D eigenvalue weighted by molar-refractivity contribution is -0.166. The van der Waals surface area contributed by atoms with Gasteiger partial charge in [0.2, 0.25) is 5.60 Å². The molecule has 0 saturated carbocycles. The third kappa shape index (κ3) is 2.55. The van der Waals surface area contributed by atoms with Crippen molar-refractivity contribution in [3.8, 4) is 0 Å². The normalized spacial score (nSPS) is 21.4. The number of benzene rings is 1. The summed E-state index contributed by atoms with van der Waals surface area (Å²) in [5.74, 6) is -0.360. The minimum absolute atomic E-state index is 0.343. The average Bonchev–Trinajstić information content (AvgIpc) is 2.72. The Bertz CT molecular complexity index is 554. The Labute approximate surface area is 119 Å². The SMILES string of the molecule is CCOC(=O)C1(C)CC(c2c(C)cc(C)cc2C)=NO1. The molecule has 0 saturated heterocycles. The number of carbonyl (C=O) groups is 1. The molecule has 1 aliphatic heterocycles. The smallest absolute Gasteiger partial charge is 0.353 e. The maximum atomic E-state index is 11.9. The van der Waals surface area contributed by atoms with Gasteiger partial charge in [0.05, 0.1) is 12.3 Å². The lowest BCUT2D eigenvalue weighted by Gasteiger charge is -2.19. The Kier molecular flexibility index (Phi) is 3.84. The van der Waals surface area contributed by atoms with Gasteiger partial charge in [-0.05, 0) is 45.7 Å². The molecule has 1 aromatic carbocycles. The number of carbonyl (C=O) groups excluding carboxylic acids is 1. The molecule has 0 bridgehead atoms. The number of nitrogens with zero attached hydrogens (tertiary/aromatic N) is 1. The van der Waals surface area contributed by atoms with E-state index in [0.717, 1.165) is 22.4 Å². The number of esters is 1. The quantitative estimate of drug-likeness (QED) is 0.796. The van der Waals surface area contributed by atoms with Crippen molar-refractivity contribution in [3.05, 3.63) is 34.4 Å². The summed E-state index contributed by atoms with van der Waals surface area (Å²) in [6.45, 7) is 10.0. The molecule has 0 N–H and O–H groups in total. The zero-order chi connectivity index (χ0) is 14.9. The Morgan fingerprint density at radius 1 is 1.35 bits per heavy atom. The highest BCUT2D eigenvalue weighted by Crippen LogP contribution is 2.30. The van der Waals surface area contributed by atoms with Crippen LogP contribution < -0.4 is 0 Å². The van der Waals surface area contributed by atoms with Gasteiger partial charge >= 0.3 is 5.97 Å². The molecule has 1 aromatic rings. The minimum Gasteiger partial charge on any atom is -0.463 e. The van der Waals surface area contributed by atoms with E-state index in [1.54, 1.807) is 13.8 Å². The van der Waals surface area contributed by atoms with Gasteiger partial charge in [-0.25, -0.2) is 4.79 Å². The van der Waals surface area contributed by atoms with E-state index in [1.165, 1.54) is 5.56 Å². The molecule has 0 aromatic heterocycles. The minimum atomic E-state index is -1.00. The van der Waals surface area contributed by atoms with Gasteiger partial charge in [0, 0.05) is 12.0 Å². The van der Waals surface area contributed by atoms with Gasteiger partial charge in [-0.15, -0.1) is 0 Å². The summed E-state index contributed by atoms with van der Waals surface area (Å²) in [6, 6.07) is 4.23. The molecule has 0 radical (unpaired) electrons. The van der Waals surface area contributed by atoms with Crippen LogP contribution in [-0.4, -0.2) is 23.9 Å². The van der Waals surface area contributed by atoms with Gasteiger partial charge in [-0.1, -0.05) is 22.9 Å². The van der Waals surface area contributed by atoms with Gasteiger partial charge < -0.3 is 9.57 Å². The molecule has 1 heterocycles. The van der Waals surface area contributed by atoms with E-state index < -0.39 is 5.60 Å². The molecule has 2 rings (SSSR count). The monoisotopic (exact) mass is 275 g/mol. The fourth-order valence-electron chi connectivity index (χ4n) is 2.70. The maximum absolute atomic E-state index is 11.9. The van der Waals surface area contributed by atoms with Crippen molar-refractivity contribution in [2.75, 3.05) is 6.61 Å². The zero-order valence-corrected chi connectivity index (χ0v) is 12.7. The van der Waals surface area contributed by atoms with Gasteiger partial charge in [0.1, 0.15) is 0 Å². The van der Waals surface area contributed by atoms with Crippen LogP contribution in [0.2, 0.25) is 0 Å². The third-order valence-electron chi connectivity index (χ3n) is 3.53. The summed E-state index contributed by atoms with van der Waals surface area (Å²) in [5, 5.41) is 4.13. The molecule has 0 amide bonds. The first-order chi connectivity index (χ1) is 9.37. The molecule has 108 valence electrons. The van der Waals surface area contributed by atoms with E-state index in [4.69, 9.17) is 9.57 Å². The van der Waals surface area contributed by atoms with Crippen molar-refractivity contribution >= 4 is 11.7 Å². The number of rotatable bonds is 3. The fourth-order valence-corrected chi connectivity index (χ4v) is 2.70. The van der Waals surface area contributed by atoms with Gasteiger partial charge in [0.25, 0.3) is 0 Å². The zero-order valence-electron chi connectivity index (χ0n) is 12.7. The summed E-state index contributed by atoms with van der Waals surface area (Å²) >= 11 is 0. The standard InChI is InChI=1S/C16H21NO3/c1-6-19-15(18)16(5)9-13(17-20-16)14-11(3)7-10(2)8-12(14)4/h7-8H,6,9H2,1-5H3. The molecule has 0 spiro atoms. The van der Waals surface area contributed by atoms with Crippen LogP contribution in [-0.2, 0) is 14.4 Å². The summed E-state index contributed by atoms with van der Waals surface area (Å²) in [5.41, 5.74) is 4.40. The van der Waals surface area contributed by atoms with Gasteiger partial charge in [-0.3, -0.25) is 0 Å². The highest BCUT2D eigenvalue weighted by Gasteiger charge is 2.44. The molecule has 4 heteroatoms. The van der Waals surface area contributed by atoms with Crippen LogP contribution in [0.1, 0.15) is 42.5 Å². The van der Waals surface area contributed by atoms with Crippen LogP contribution in [0.3, 0.4) is 0 Å². The van der Waals surface area contributed by atoms with Crippen LogP contribution in [0.4, 0.5) is 0 Å². The van der Waals surface area contributed by atoms with Crippen LogP contribution in [0, 0.1) is 20.8 Å². The van der Waals surface area contributed by atoms with E-state index in [9.17, 15) is 4.79 Å². The van der Waals surface area contributed by atoms with Crippen molar-refractivity contribution in [1.82, 2.24) is 0 Å². The predicted octanol–water partition coefficient (Wildman–Crippen LogP) is 3.06. The number of hydrogen-bond donors (Lipinski definition) is 0. The van der Waals surface area contributed by atoms with Crippen molar-refractivity contribution in [2.45, 2.75) is 46.6 Å². The van der Waals surface area contributed by atoms with Gasteiger partial charge in [-0.2, -0.15) is 0 Å². The van der Waals surface area contributed by atoms with Crippen molar-refractivity contribution in [3.63, 3.8) is 0 Å². The van der Waals surface area contributed by atoms with Crippen molar-refractivity contribution in [2.24, 2.45) is 5.16 Å². The molecule has 20 heavy (non-hydrogen) atoms. The Morgan fingerprint density at radius 2 is 1.95 bits per heavy atom. The first-order valence-corrected chi connectivity index (χ1v) is 6.88. The predicted molar refractivity (Wildman–Crippen MR) is 77.9 cm³/mol. The third-order valence-corrected chi connectivity index (χ3v) is 3.53. The van der Waals surface area contributed by atoms with Gasteiger partial charge in [0.15, 0.2) is 0 Å². The lowest BCUT2D eigenvalue weighted by Crippen LogP contribution is -2.37. The summed E-state index contributed by atoms with van der Waals surface area (Å²) < 4.78 is 5.06. The second-order valence-corrected chi connectivity index (χ2v) is 5.53. The van der Waals surface area contributed by atoms with Crippen LogP contribution in [0.25, 0.3) is 0 Å². The van der Waals surface area contributed by atoms with E-state index in [-0.39, 0.29) is 5.97 Å². The van der Waals surface area contributed by atoms with E-state index in [2.05, 4.69) is 38.1 Å². The molecule has 4 nitrogen and oxygen atoms in total. The second kappa shape index (κ2) is 5.27. The first-order valence-electron chi connectivity index (χ1n) is 6.88. The molecule has 0 fully saturated rings. The van der Waals surface area contributed by atoms with E-state index in [1.807, 2.05) is 0 Å². The average molecular weight is 275 g/mol. The number of hydrogen-bond acceptors (Lipinski definition) is 4. The first kappa shape index (κ1) is 14.6. The fraction of sp³-hybridized carbons (Fsp3) is 0.500. The van der Waals surface area contributed by atoms with E-state index >= 15 is 0 Å². The summed E-state index contributed by atoms with van der Waals surface area (Å²) in [4.78, 5) is 17.3. The van der Waals surface area contributed by atoms with Crippen molar-refractivity contribution in [1.29, 1.82) is 0 Å². The molecular formula is C16H21NO3. The van der Waals surface area contributed by atoms with Crippen LogP contribution >= 0.6 is 0 Å². The Morgan fingerprint density at radius 3 is 2.50 bits per heavy atom. The molecule has 1 atom stereocenters. The number of ether oxygens (including phenoxy) is 1. The second-order valence-electron chi connectivity index (χ2n) is 5.53. The molecular weight excluding hydrogens is 254 g/mol. The number of aryl methyl sites for hydroxylation is 3. The van der Waals surface area contributed by atoms with Crippen LogP contribution in [0.15, 0.2) is 17.3 Å². The van der Waals surface area contributed by atoms with Crippen molar-refractivity contribution < 1.29 is 14.4 Å². The summed E-state index contributed by atoms with van der Waals surface area (Å²) in [7, 11) is 0. The molecule has 1 aliphatic rings.